The predicted octanol–water partition coefficient (Wildman–Crippen LogP) is 2.29. The van der Waals surface area contributed by atoms with E-state index in [2.05, 4.69) is 0 Å². The zero-order valence-corrected chi connectivity index (χ0v) is 12.6. The van der Waals surface area contributed by atoms with E-state index in [1.807, 2.05) is 0 Å². The van der Waals surface area contributed by atoms with E-state index in [0.29, 0.717) is 13.2 Å². The number of ether oxygens (including phenoxy) is 2. The lowest BCUT2D eigenvalue weighted by Gasteiger charge is -2.10. The van der Waals surface area contributed by atoms with Gasteiger partial charge in [-0.15, -0.1) is 4.52 Å². The summed E-state index contributed by atoms with van der Waals surface area (Å²) in [6.45, 7) is 6.01. The molecule has 0 bridgehead atoms. The third-order valence-corrected chi connectivity index (χ3v) is 3.55. The van der Waals surface area contributed by atoms with E-state index in [-0.39, 0.29) is 31.6 Å². The van der Waals surface area contributed by atoms with Crippen molar-refractivity contribution in [2.75, 3.05) is 26.0 Å². The van der Waals surface area contributed by atoms with Crippen molar-refractivity contribution in [3.63, 3.8) is 0 Å². The Labute approximate surface area is 114 Å². The van der Waals surface area contributed by atoms with Crippen molar-refractivity contribution in [1.82, 2.24) is 0 Å². The fourth-order valence-electron chi connectivity index (χ4n) is 1.45. The van der Waals surface area contributed by atoms with Gasteiger partial charge in [-0.05, 0) is 31.8 Å². The third-order valence-electron chi connectivity index (χ3n) is 2.26. The molecule has 0 amide bonds. The highest BCUT2D eigenvalue weighted by Gasteiger charge is 2.31. The van der Waals surface area contributed by atoms with Crippen LogP contribution in [0.2, 0.25) is 0 Å². The molecule has 0 rings (SSSR count). The summed E-state index contributed by atoms with van der Waals surface area (Å²) in [5, 5.41) is 0. The van der Waals surface area contributed by atoms with Gasteiger partial charge < -0.3 is 9.47 Å². The molecule has 0 saturated carbocycles. The maximum absolute atomic E-state index is 11.7. The molecule has 2 atom stereocenters. The molecule has 0 aliphatic carbocycles. The second-order valence-corrected chi connectivity index (χ2v) is 5.01. The standard InChI is InChI=1S/C12H22O6P/c1-4-16-11(13)8-7-10(12(14)17-5-2)9-19(15)18-6-3/h10H,4-9H2,1-3H3/q+1. The van der Waals surface area contributed by atoms with Crippen molar-refractivity contribution in [3.8, 4) is 0 Å². The van der Waals surface area contributed by atoms with Gasteiger partial charge in [0.05, 0.1) is 19.8 Å². The number of hydrogen-bond acceptors (Lipinski definition) is 6. The van der Waals surface area contributed by atoms with Gasteiger partial charge >= 0.3 is 20.0 Å². The van der Waals surface area contributed by atoms with Crippen LogP contribution in [0.5, 0.6) is 0 Å². The fraction of sp³-hybridized carbons (Fsp3) is 0.833. The van der Waals surface area contributed by atoms with Gasteiger partial charge in [0.1, 0.15) is 5.92 Å². The summed E-state index contributed by atoms with van der Waals surface area (Å²) in [6.07, 6.45) is 0.430. The maximum Gasteiger partial charge on any atom is 0.508 e. The highest BCUT2D eigenvalue weighted by Crippen LogP contribution is 2.28. The molecule has 0 aromatic heterocycles. The summed E-state index contributed by atoms with van der Waals surface area (Å²) in [5.74, 6) is -1.42. The van der Waals surface area contributed by atoms with Gasteiger partial charge in [-0.25, -0.2) is 0 Å². The lowest BCUT2D eigenvalue weighted by molar-refractivity contribution is -0.148. The normalized spacial score (nSPS) is 12.7. The lowest BCUT2D eigenvalue weighted by Crippen LogP contribution is -2.21. The molecular weight excluding hydrogens is 271 g/mol. The Bertz CT molecular complexity index is 305. The molecule has 0 aromatic rings. The summed E-state index contributed by atoms with van der Waals surface area (Å²) in [6, 6.07) is 0. The summed E-state index contributed by atoms with van der Waals surface area (Å²) < 4.78 is 26.2. The van der Waals surface area contributed by atoms with E-state index in [4.69, 9.17) is 14.0 Å². The first-order chi connectivity index (χ1) is 9.04. The minimum Gasteiger partial charge on any atom is -0.466 e. The monoisotopic (exact) mass is 293 g/mol. The molecular formula is C12H22O6P+. The molecule has 7 heteroatoms. The fourth-order valence-corrected chi connectivity index (χ4v) is 2.53. The molecule has 6 nitrogen and oxygen atoms in total. The average Bonchev–Trinajstić information content (AvgIpc) is 2.35. The minimum absolute atomic E-state index is 0.0708. The van der Waals surface area contributed by atoms with Crippen LogP contribution < -0.4 is 0 Å². The van der Waals surface area contributed by atoms with Crippen LogP contribution in [-0.4, -0.2) is 37.9 Å². The van der Waals surface area contributed by atoms with Gasteiger partial charge in [0, 0.05) is 6.42 Å². The summed E-state index contributed by atoms with van der Waals surface area (Å²) in [4.78, 5) is 23.0. The molecule has 0 heterocycles. The second-order valence-electron chi connectivity index (χ2n) is 3.73. The molecule has 0 fully saturated rings. The molecule has 2 unspecified atom stereocenters. The van der Waals surface area contributed by atoms with Gasteiger partial charge in [0.2, 0.25) is 0 Å². The zero-order chi connectivity index (χ0) is 14.7. The van der Waals surface area contributed by atoms with Gasteiger partial charge in [0.25, 0.3) is 0 Å². The quantitative estimate of drug-likeness (QED) is 0.454. The first-order valence-electron chi connectivity index (χ1n) is 6.44. The zero-order valence-electron chi connectivity index (χ0n) is 11.7. The van der Waals surface area contributed by atoms with Gasteiger partial charge in [-0.1, -0.05) is 0 Å². The Balaban J connectivity index is 4.37. The first-order valence-corrected chi connectivity index (χ1v) is 7.81. The Morgan fingerprint density at radius 1 is 1.05 bits per heavy atom. The number of esters is 2. The van der Waals surface area contributed by atoms with Crippen molar-refractivity contribution in [1.29, 1.82) is 0 Å². The number of rotatable bonds is 10. The van der Waals surface area contributed by atoms with Crippen LogP contribution in [0.25, 0.3) is 0 Å². The first kappa shape index (κ1) is 18.0. The van der Waals surface area contributed by atoms with Crippen LogP contribution in [0.15, 0.2) is 0 Å². The molecule has 0 aromatic carbocycles. The van der Waals surface area contributed by atoms with E-state index >= 15 is 0 Å². The smallest absolute Gasteiger partial charge is 0.466 e. The maximum atomic E-state index is 11.7. The van der Waals surface area contributed by atoms with Crippen molar-refractivity contribution in [3.05, 3.63) is 0 Å². The Morgan fingerprint density at radius 3 is 2.21 bits per heavy atom. The van der Waals surface area contributed by atoms with Crippen LogP contribution in [0.1, 0.15) is 33.6 Å². The Hall–Kier alpha value is -1.00. The second kappa shape index (κ2) is 10.9. The summed E-state index contributed by atoms with van der Waals surface area (Å²) in [5.41, 5.74) is 0. The van der Waals surface area contributed by atoms with Crippen LogP contribution in [0.4, 0.5) is 0 Å². The Kier molecular flexibility index (Phi) is 10.3. The minimum atomic E-state index is -1.90. The van der Waals surface area contributed by atoms with Gasteiger partial charge in [-0.2, -0.15) is 0 Å². The van der Waals surface area contributed by atoms with Crippen molar-refractivity contribution >= 4 is 20.0 Å². The molecule has 19 heavy (non-hydrogen) atoms. The molecule has 110 valence electrons. The molecule has 0 radical (unpaired) electrons. The van der Waals surface area contributed by atoms with Gasteiger partial charge in [-0.3, -0.25) is 9.59 Å². The highest BCUT2D eigenvalue weighted by molar-refractivity contribution is 7.39. The van der Waals surface area contributed by atoms with Crippen LogP contribution in [-0.2, 0) is 28.2 Å². The van der Waals surface area contributed by atoms with Crippen molar-refractivity contribution < 1.29 is 28.2 Å². The largest absolute Gasteiger partial charge is 0.508 e. The van der Waals surface area contributed by atoms with Gasteiger partial charge in [0.15, 0.2) is 6.16 Å². The van der Waals surface area contributed by atoms with Crippen LogP contribution in [0.3, 0.4) is 0 Å². The van der Waals surface area contributed by atoms with E-state index in [9.17, 15) is 14.2 Å². The van der Waals surface area contributed by atoms with E-state index < -0.39 is 19.9 Å². The molecule has 0 aliphatic rings. The lowest BCUT2D eigenvalue weighted by atomic mass is 10.1. The van der Waals surface area contributed by atoms with E-state index in [1.54, 1.807) is 20.8 Å². The summed E-state index contributed by atoms with van der Waals surface area (Å²) in [7, 11) is -1.90. The molecule has 0 aliphatic heterocycles. The SMILES string of the molecule is CCOC(=O)CCC(C[P+](=O)OCC)C(=O)OCC. The number of carbonyl (C=O) groups is 2. The topological polar surface area (TPSA) is 78.9 Å². The van der Waals surface area contributed by atoms with Crippen LogP contribution >= 0.6 is 8.03 Å². The third kappa shape index (κ3) is 8.67. The number of carbonyl (C=O) groups excluding carboxylic acids is 2. The Morgan fingerprint density at radius 2 is 1.68 bits per heavy atom. The van der Waals surface area contributed by atoms with Crippen molar-refractivity contribution in [2.24, 2.45) is 5.92 Å². The van der Waals surface area contributed by atoms with E-state index in [1.165, 1.54) is 0 Å². The summed E-state index contributed by atoms with van der Waals surface area (Å²) >= 11 is 0. The van der Waals surface area contributed by atoms with Crippen LogP contribution in [0, 0.1) is 5.92 Å². The highest BCUT2D eigenvalue weighted by atomic mass is 31.1. The van der Waals surface area contributed by atoms with Crippen molar-refractivity contribution in [2.45, 2.75) is 33.6 Å². The average molecular weight is 293 g/mol. The molecule has 0 spiro atoms. The predicted molar refractivity (Wildman–Crippen MR) is 70.1 cm³/mol. The number of hydrogen-bond donors (Lipinski definition) is 0. The molecule has 0 N–H and O–H groups in total. The molecule has 0 saturated heterocycles. The van der Waals surface area contributed by atoms with E-state index in [0.717, 1.165) is 0 Å².